The quantitative estimate of drug-likeness (QED) is 0.857. The number of amides is 1. The van der Waals surface area contributed by atoms with Crippen LogP contribution in [0.25, 0.3) is 11.4 Å². The average molecular weight is 259 g/mol. The van der Waals surface area contributed by atoms with Gasteiger partial charge in [0, 0.05) is 18.3 Å². The van der Waals surface area contributed by atoms with E-state index in [1.54, 1.807) is 7.05 Å². The zero-order chi connectivity index (χ0) is 13.8. The third-order valence-electron chi connectivity index (χ3n) is 2.83. The van der Waals surface area contributed by atoms with Crippen LogP contribution in [-0.2, 0) is 11.8 Å². The van der Waals surface area contributed by atoms with Gasteiger partial charge in [-0.15, -0.1) is 10.2 Å². The van der Waals surface area contributed by atoms with E-state index in [0.717, 1.165) is 22.9 Å². The van der Waals surface area contributed by atoms with E-state index in [9.17, 15) is 4.79 Å². The van der Waals surface area contributed by atoms with E-state index in [0.29, 0.717) is 0 Å². The van der Waals surface area contributed by atoms with Gasteiger partial charge in [0.2, 0.25) is 5.91 Å². The van der Waals surface area contributed by atoms with Gasteiger partial charge in [0.15, 0.2) is 5.82 Å². The van der Waals surface area contributed by atoms with Crippen molar-refractivity contribution in [3.05, 3.63) is 30.1 Å². The molecule has 0 atom stereocenters. The Kier molecular flexibility index (Phi) is 3.91. The summed E-state index contributed by atoms with van der Waals surface area (Å²) in [7, 11) is 3.65. The van der Waals surface area contributed by atoms with Gasteiger partial charge in [-0.2, -0.15) is 0 Å². The van der Waals surface area contributed by atoms with Crippen LogP contribution in [0.4, 0.5) is 5.69 Å². The zero-order valence-corrected chi connectivity index (χ0v) is 11.3. The standard InChI is InChI=1S/C13H17N5O/c1-9-16-17-13(18(9)3)10-5-4-6-11(7-10)15-12(19)8-14-2/h4-7,14H,8H2,1-3H3,(H,15,19). The minimum Gasteiger partial charge on any atom is -0.325 e. The molecule has 1 aromatic carbocycles. The number of hydrogen-bond acceptors (Lipinski definition) is 4. The summed E-state index contributed by atoms with van der Waals surface area (Å²) in [5.74, 6) is 1.55. The fourth-order valence-electron chi connectivity index (χ4n) is 1.76. The molecule has 0 radical (unpaired) electrons. The number of rotatable bonds is 4. The van der Waals surface area contributed by atoms with Crippen LogP contribution < -0.4 is 10.6 Å². The van der Waals surface area contributed by atoms with Gasteiger partial charge in [-0.25, -0.2) is 0 Å². The first-order chi connectivity index (χ1) is 9.11. The molecule has 0 aliphatic rings. The molecule has 0 bridgehead atoms. The van der Waals surface area contributed by atoms with Crippen molar-refractivity contribution >= 4 is 11.6 Å². The van der Waals surface area contributed by atoms with Gasteiger partial charge in [-0.1, -0.05) is 12.1 Å². The van der Waals surface area contributed by atoms with Crippen LogP contribution in [0.3, 0.4) is 0 Å². The monoisotopic (exact) mass is 259 g/mol. The predicted octanol–water partition coefficient (Wildman–Crippen LogP) is 0.948. The normalized spacial score (nSPS) is 10.5. The lowest BCUT2D eigenvalue weighted by molar-refractivity contribution is -0.115. The van der Waals surface area contributed by atoms with Gasteiger partial charge in [-0.05, 0) is 26.1 Å². The fraction of sp³-hybridized carbons (Fsp3) is 0.308. The molecule has 1 aromatic heterocycles. The summed E-state index contributed by atoms with van der Waals surface area (Å²) in [5.41, 5.74) is 1.67. The maximum absolute atomic E-state index is 11.5. The molecule has 0 saturated carbocycles. The van der Waals surface area contributed by atoms with Gasteiger partial charge >= 0.3 is 0 Å². The van der Waals surface area contributed by atoms with E-state index >= 15 is 0 Å². The summed E-state index contributed by atoms with van der Waals surface area (Å²) in [4.78, 5) is 11.5. The second-order valence-corrected chi connectivity index (χ2v) is 4.29. The molecule has 0 aliphatic carbocycles. The van der Waals surface area contributed by atoms with E-state index in [1.807, 2.05) is 42.8 Å². The van der Waals surface area contributed by atoms with Gasteiger partial charge in [0.05, 0.1) is 6.54 Å². The molecule has 100 valence electrons. The molecule has 0 saturated heterocycles. The van der Waals surface area contributed by atoms with E-state index < -0.39 is 0 Å². The van der Waals surface area contributed by atoms with Crippen LogP contribution in [0.2, 0.25) is 0 Å². The first-order valence-electron chi connectivity index (χ1n) is 6.02. The van der Waals surface area contributed by atoms with Crippen molar-refractivity contribution in [2.75, 3.05) is 18.9 Å². The molecule has 1 heterocycles. The van der Waals surface area contributed by atoms with Gasteiger partial charge in [0.25, 0.3) is 0 Å². The Morgan fingerprint density at radius 1 is 1.37 bits per heavy atom. The lowest BCUT2D eigenvalue weighted by Crippen LogP contribution is -2.25. The number of anilines is 1. The second kappa shape index (κ2) is 5.62. The molecule has 0 aliphatic heterocycles. The summed E-state index contributed by atoms with van der Waals surface area (Å²) in [6.45, 7) is 2.18. The minimum atomic E-state index is -0.0752. The summed E-state index contributed by atoms with van der Waals surface area (Å²) in [6.07, 6.45) is 0. The molecular formula is C13H17N5O. The number of carbonyl (C=O) groups excluding carboxylic acids is 1. The van der Waals surface area contributed by atoms with Crippen molar-refractivity contribution in [3.8, 4) is 11.4 Å². The Hall–Kier alpha value is -2.21. The van der Waals surface area contributed by atoms with Crippen molar-refractivity contribution in [3.63, 3.8) is 0 Å². The Morgan fingerprint density at radius 3 is 2.79 bits per heavy atom. The van der Waals surface area contributed by atoms with Crippen LogP contribution in [0.1, 0.15) is 5.82 Å². The van der Waals surface area contributed by atoms with Crippen molar-refractivity contribution in [2.45, 2.75) is 6.92 Å². The van der Waals surface area contributed by atoms with Crippen LogP contribution in [-0.4, -0.2) is 34.3 Å². The molecule has 0 fully saturated rings. The summed E-state index contributed by atoms with van der Waals surface area (Å²) in [5, 5.41) is 13.8. The topological polar surface area (TPSA) is 71.8 Å². The van der Waals surface area contributed by atoms with Crippen LogP contribution in [0.15, 0.2) is 24.3 Å². The maximum Gasteiger partial charge on any atom is 0.238 e. The third-order valence-corrected chi connectivity index (χ3v) is 2.83. The van der Waals surface area contributed by atoms with Crippen molar-refractivity contribution in [1.82, 2.24) is 20.1 Å². The average Bonchev–Trinajstić information content (AvgIpc) is 2.70. The molecular weight excluding hydrogens is 242 g/mol. The number of benzene rings is 1. The van der Waals surface area contributed by atoms with Gasteiger partial charge in [0.1, 0.15) is 5.82 Å². The number of nitrogens with zero attached hydrogens (tertiary/aromatic N) is 3. The van der Waals surface area contributed by atoms with E-state index in [2.05, 4.69) is 20.8 Å². The number of nitrogens with one attached hydrogen (secondary N) is 2. The summed E-state index contributed by atoms with van der Waals surface area (Å²) >= 11 is 0. The highest BCUT2D eigenvalue weighted by Crippen LogP contribution is 2.20. The second-order valence-electron chi connectivity index (χ2n) is 4.29. The number of hydrogen-bond donors (Lipinski definition) is 2. The minimum absolute atomic E-state index is 0.0752. The molecule has 19 heavy (non-hydrogen) atoms. The molecule has 1 amide bonds. The highest BCUT2D eigenvalue weighted by molar-refractivity contribution is 5.92. The molecule has 2 N–H and O–H groups in total. The van der Waals surface area contributed by atoms with Crippen molar-refractivity contribution in [1.29, 1.82) is 0 Å². The van der Waals surface area contributed by atoms with Crippen LogP contribution in [0.5, 0.6) is 0 Å². The zero-order valence-electron chi connectivity index (χ0n) is 11.3. The van der Waals surface area contributed by atoms with Crippen molar-refractivity contribution < 1.29 is 4.79 Å². The Bertz CT molecular complexity index is 590. The van der Waals surface area contributed by atoms with E-state index in [-0.39, 0.29) is 12.5 Å². The molecule has 6 heteroatoms. The van der Waals surface area contributed by atoms with Crippen LogP contribution in [0, 0.1) is 6.92 Å². The fourth-order valence-corrected chi connectivity index (χ4v) is 1.76. The molecule has 2 aromatic rings. The van der Waals surface area contributed by atoms with E-state index in [4.69, 9.17) is 0 Å². The highest BCUT2D eigenvalue weighted by Gasteiger charge is 2.08. The number of aryl methyl sites for hydroxylation is 1. The first-order valence-corrected chi connectivity index (χ1v) is 6.02. The van der Waals surface area contributed by atoms with E-state index in [1.165, 1.54) is 0 Å². The lowest BCUT2D eigenvalue weighted by atomic mass is 10.2. The molecule has 0 spiro atoms. The summed E-state index contributed by atoms with van der Waals surface area (Å²) < 4.78 is 1.91. The molecule has 6 nitrogen and oxygen atoms in total. The Morgan fingerprint density at radius 2 is 2.16 bits per heavy atom. The summed E-state index contributed by atoms with van der Waals surface area (Å²) in [6, 6.07) is 7.56. The predicted molar refractivity (Wildman–Crippen MR) is 73.7 cm³/mol. The Balaban J connectivity index is 2.24. The Labute approximate surface area is 111 Å². The highest BCUT2D eigenvalue weighted by atomic mass is 16.1. The molecule has 0 unspecified atom stereocenters. The largest absolute Gasteiger partial charge is 0.325 e. The van der Waals surface area contributed by atoms with Crippen molar-refractivity contribution in [2.24, 2.45) is 7.05 Å². The third kappa shape index (κ3) is 2.97. The van der Waals surface area contributed by atoms with Gasteiger partial charge in [-0.3, -0.25) is 4.79 Å². The smallest absolute Gasteiger partial charge is 0.238 e. The van der Waals surface area contributed by atoms with Crippen LogP contribution >= 0.6 is 0 Å². The number of likely N-dealkylation sites (N-methyl/N-ethyl adjacent to an activating group) is 1. The maximum atomic E-state index is 11.5. The SMILES string of the molecule is CNCC(=O)Nc1cccc(-c2nnc(C)n2C)c1. The number of carbonyl (C=O) groups is 1. The number of aromatic nitrogens is 3. The van der Waals surface area contributed by atoms with Gasteiger partial charge < -0.3 is 15.2 Å². The lowest BCUT2D eigenvalue weighted by Gasteiger charge is -2.07. The first kappa shape index (κ1) is 13.2. The molecule has 2 rings (SSSR count).